The molecule has 0 radical (unpaired) electrons. The predicted molar refractivity (Wildman–Crippen MR) is 159 cm³/mol. The fourth-order valence-corrected chi connectivity index (χ4v) is 6.40. The molecule has 2 N–H and O–H groups in total. The molecule has 12 nitrogen and oxygen atoms in total. The van der Waals surface area contributed by atoms with E-state index in [4.69, 9.17) is 20.6 Å². The van der Waals surface area contributed by atoms with Crippen molar-refractivity contribution in [2.24, 2.45) is 5.73 Å². The Balaban J connectivity index is 1.64. The predicted octanol–water partition coefficient (Wildman–Crippen LogP) is 1.89. The van der Waals surface area contributed by atoms with Crippen LogP contribution in [-0.4, -0.2) is 104 Å². The van der Waals surface area contributed by atoms with E-state index < -0.39 is 10.0 Å². The van der Waals surface area contributed by atoms with Gasteiger partial charge in [-0.15, -0.1) is 0 Å². The van der Waals surface area contributed by atoms with Crippen LogP contribution in [0, 0.1) is 6.92 Å². The molecular formula is C28H40N8O4S. The van der Waals surface area contributed by atoms with Crippen LogP contribution in [0.1, 0.15) is 47.4 Å². The number of hydrogen-bond acceptors (Lipinski definition) is 9. The number of nitrogens with zero attached hydrogens (tertiary/aromatic N) is 7. The average molecular weight is 585 g/mol. The van der Waals surface area contributed by atoms with Gasteiger partial charge in [-0.05, 0) is 31.9 Å². The molecule has 4 heterocycles. The molecule has 5 rings (SSSR count). The molecule has 2 aliphatic heterocycles. The van der Waals surface area contributed by atoms with E-state index in [-0.39, 0.29) is 37.7 Å². The van der Waals surface area contributed by atoms with Crippen molar-refractivity contribution in [3.8, 4) is 5.75 Å². The molecule has 1 amide bonds. The van der Waals surface area contributed by atoms with E-state index in [1.54, 1.807) is 22.5 Å². The minimum absolute atomic E-state index is 0.0883. The fraction of sp³-hybridized carbons (Fsp3) is 0.536. The Morgan fingerprint density at radius 1 is 1.10 bits per heavy atom. The van der Waals surface area contributed by atoms with Crippen LogP contribution in [0.5, 0.6) is 5.75 Å². The van der Waals surface area contributed by atoms with Crippen LogP contribution in [0.15, 0.2) is 30.3 Å². The Hall–Kier alpha value is -3.42. The maximum Gasteiger partial charge on any atom is 0.257 e. The van der Waals surface area contributed by atoms with Gasteiger partial charge in [0.1, 0.15) is 24.0 Å². The summed E-state index contributed by atoms with van der Waals surface area (Å²) in [4.78, 5) is 24.7. The molecule has 2 aliphatic rings. The summed E-state index contributed by atoms with van der Waals surface area (Å²) in [6.45, 7) is 6.41. The van der Waals surface area contributed by atoms with Gasteiger partial charge in [-0.3, -0.25) is 4.79 Å². The van der Waals surface area contributed by atoms with Gasteiger partial charge in [0.05, 0.1) is 23.6 Å². The van der Waals surface area contributed by atoms with Gasteiger partial charge < -0.3 is 25.2 Å². The zero-order chi connectivity index (χ0) is 29.5. The van der Waals surface area contributed by atoms with Crippen molar-refractivity contribution in [1.82, 2.24) is 23.8 Å². The van der Waals surface area contributed by atoms with Crippen LogP contribution in [0.25, 0.3) is 5.65 Å². The SMILES string of the molecule is CC[C@H]1c2cc3nc(N4CC[C@H](N)C4)cc(n3n2)N(C)CCN(S(C)(=O)=O)CCOc2ccc(C)cc2C(=O)N1C. The number of likely N-dealkylation sites (N-methyl/N-ethyl adjacent to an activating group) is 1. The van der Waals surface area contributed by atoms with E-state index >= 15 is 0 Å². The summed E-state index contributed by atoms with van der Waals surface area (Å²) in [7, 11) is 0.185. The largest absolute Gasteiger partial charge is 0.491 e. The van der Waals surface area contributed by atoms with Crippen LogP contribution in [0.4, 0.5) is 11.6 Å². The molecule has 1 fully saturated rings. The van der Waals surface area contributed by atoms with Crippen molar-refractivity contribution in [1.29, 1.82) is 0 Å². The molecule has 0 unspecified atom stereocenters. The number of carbonyl (C=O) groups excluding carboxylic acids is 1. The van der Waals surface area contributed by atoms with Gasteiger partial charge in [0.2, 0.25) is 10.0 Å². The molecule has 3 aromatic rings. The molecule has 41 heavy (non-hydrogen) atoms. The molecule has 2 aromatic heterocycles. The minimum Gasteiger partial charge on any atom is -0.491 e. The number of nitrogens with two attached hydrogens (primary N) is 1. The normalized spacial score (nSPS) is 21.5. The number of aryl methyl sites for hydroxylation is 1. The maximum atomic E-state index is 13.9. The van der Waals surface area contributed by atoms with E-state index in [0.29, 0.717) is 36.5 Å². The summed E-state index contributed by atoms with van der Waals surface area (Å²) >= 11 is 0. The van der Waals surface area contributed by atoms with E-state index in [1.807, 2.05) is 50.1 Å². The van der Waals surface area contributed by atoms with Crippen LogP contribution in [0.3, 0.4) is 0 Å². The van der Waals surface area contributed by atoms with Crippen molar-refractivity contribution in [3.63, 3.8) is 0 Å². The lowest BCUT2D eigenvalue weighted by Gasteiger charge is -2.28. The Bertz CT molecular complexity index is 1540. The Morgan fingerprint density at radius 2 is 1.88 bits per heavy atom. The van der Waals surface area contributed by atoms with Crippen LogP contribution in [0.2, 0.25) is 0 Å². The Kier molecular flexibility index (Phi) is 8.13. The number of anilines is 2. The highest BCUT2D eigenvalue weighted by atomic mass is 32.2. The highest BCUT2D eigenvalue weighted by Gasteiger charge is 2.29. The summed E-state index contributed by atoms with van der Waals surface area (Å²) in [5, 5.41) is 4.95. The number of sulfonamides is 1. The molecule has 13 heteroatoms. The van der Waals surface area contributed by atoms with E-state index in [2.05, 4.69) is 4.90 Å². The number of carbonyl (C=O) groups is 1. The molecule has 0 saturated carbocycles. The molecule has 1 aromatic carbocycles. The van der Waals surface area contributed by atoms with Crippen LogP contribution >= 0.6 is 0 Å². The fourth-order valence-electron chi connectivity index (χ4n) is 5.58. The van der Waals surface area contributed by atoms with Gasteiger partial charge in [0.15, 0.2) is 5.65 Å². The number of rotatable bonds is 3. The molecule has 0 aliphatic carbocycles. The molecule has 0 spiro atoms. The molecule has 2 atom stereocenters. The topological polar surface area (TPSA) is 130 Å². The highest BCUT2D eigenvalue weighted by molar-refractivity contribution is 7.88. The first kappa shape index (κ1) is 29.1. The first-order valence-electron chi connectivity index (χ1n) is 14.0. The smallest absolute Gasteiger partial charge is 0.257 e. The van der Waals surface area contributed by atoms with Crippen molar-refractivity contribution < 1.29 is 17.9 Å². The zero-order valence-corrected chi connectivity index (χ0v) is 25.3. The van der Waals surface area contributed by atoms with Crippen molar-refractivity contribution >= 4 is 33.2 Å². The zero-order valence-electron chi connectivity index (χ0n) is 24.4. The Morgan fingerprint density at radius 3 is 2.56 bits per heavy atom. The average Bonchev–Trinajstić information content (AvgIpc) is 3.55. The molecule has 1 saturated heterocycles. The van der Waals surface area contributed by atoms with Gasteiger partial charge >= 0.3 is 0 Å². The number of benzene rings is 1. The molecule has 222 valence electrons. The quantitative estimate of drug-likeness (QED) is 0.491. The lowest BCUT2D eigenvalue weighted by Crippen LogP contribution is -2.40. The number of amides is 1. The van der Waals surface area contributed by atoms with Crippen molar-refractivity contribution in [2.45, 2.75) is 38.8 Å². The monoisotopic (exact) mass is 584 g/mol. The number of ether oxygens (including phenoxy) is 1. The van der Waals surface area contributed by atoms with Crippen molar-refractivity contribution in [2.75, 3.05) is 69.5 Å². The second-order valence-electron chi connectivity index (χ2n) is 11.1. The third-order valence-corrected chi connectivity index (χ3v) is 9.29. The van der Waals surface area contributed by atoms with Crippen LogP contribution in [-0.2, 0) is 10.0 Å². The number of fused-ring (bicyclic) bond motifs is 2. The molecule has 2 bridgehead atoms. The van der Waals surface area contributed by atoms with Crippen molar-refractivity contribution in [3.05, 3.63) is 47.2 Å². The van der Waals surface area contributed by atoms with E-state index in [0.717, 1.165) is 35.9 Å². The Labute approximate surface area is 241 Å². The van der Waals surface area contributed by atoms with Gasteiger partial charge in [-0.25, -0.2) is 13.4 Å². The van der Waals surface area contributed by atoms with Gasteiger partial charge in [-0.1, -0.05) is 18.6 Å². The number of hydrogen-bond donors (Lipinski definition) is 1. The van der Waals surface area contributed by atoms with Gasteiger partial charge in [0.25, 0.3) is 5.91 Å². The van der Waals surface area contributed by atoms with Gasteiger partial charge in [0, 0.05) is 65.0 Å². The first-order valence-corrected chi connectivity index (χ1v) is 15.9. The minimum atomic E-state index is -3.51. The third kappa shape index (κ3) is 5.97. The molecular weight excluding hydrogens is 544 g/mol. The third-order valence-electron chi connectivity index (χ3n) is 7.99. The first-order chi connectivity index (χ1) is 19.5. The summed E-state index contributed by atoms with van der Waals surface area (Å²) in [5.41, 5.74) is 8.93. The summed E-state index contributed by atoms with van der Waals surface area (Å²) in [5.74, 6) is 1.80. The maximum absolute atomic E-state index is 13.9. The second kappa shape index (κ2) is 11.5. The van der Waals surface area contributed by atoms with Gasteiger partial charge in [-0.2, -0.15) is 13.9 Å². The van der Waals surface area contributed by atoms with E-state index in [9.17, 15) is 13.2 Å². The number of aromatic nitrogens is 3. The standard InChI is InChI=1S/C28H40N8O4S/c1-6-23-22-16-26-30-25(34-10-9-20(29)18-34)17-27(36(26)31-22)32(3)11-12-35(41(5,38)39)13-14-40-24-8-7-19(2)15-21(24)28(37)33(23)4/h7-8,15-17,20,23H,6,9-14,18,29H2,1-5H3/t20-,23-/m0/s1. The summed E-state index contributed by atoms with van der Waals surface area (Å²) in [6.07, 6.45) is 2.74. The van der Waals surface area contributed by atoms with Crippen LogP contribution < -0.4 is 20.3 Å². The second-order valence-corrected chi connectivity index (χ2v) is 13.1. The highest BCUT2D eigenvalue weighted by Crippen LogP contribution is 2.31. The van der Waals surface area contributed by atoms with E-state index in [1.165, 1.54) is 10.6 Å². The lowest BCUT2D eigenvalue weighted by atomic mass is 10.1. The summed E-state index contributed by atoms with van der Waals surface area (Å²) < 4.78 is 34.6. The lowest BCUT2D eigenvalue weighted by molar-refractivity contribution is 0.0717. The summed E-state index contributed by atoms with van der Waals surface area (Å²) in [6, 6.07) is 9.16.